The highest BCUT2D eigenvalue weighted by Gasteiger charge is 2.20. The van der Waals surface area contributed by atoms with Crippen molar-refractivity contribution in [1.82, 2.24) is 4.90 Å². The van der Waals surface area contributed by atoms with E-state index in [9.17, 15) is 9.59 Å². The summed E-state index contributed by atoms with van der Waals surface area (Å²) in [4.78, 5) is 26.2. The molecule has 2 aromatic carbocycles. The molecular formula is C21H24N2O5. The lowest BCUT2D eigenvalue weighted by Crippen LogP contribution is -2.38. The molecule has 3 rings (SSSR count). The molecule has 28 heavy (non-hydrogen) atoms. The Morgan fingerprint density at radius 2 is 1.82 bits per heavy atom. The Morgan fingerprint density at radius 3 is 2.57 bits per heavy atom. The zero-order valence-corrected chi connectivity index (χ0v) is 16.1. The van der Waals surface area contributed by atoms with Crippen LogP contribution in [-0.2, 0) is 27.3 Å². The van der Waals surface area contributed by atoms with Gasteiger partial charge in [0.25, 0.3) is 0 Å². The van der Waals surface area contributed by atoms with E-state index in [1.54, 1.807) is 30.2 Å². The normalized spacial score (nSPS) is 12.9. The van der Waals surface area contributed by atoms with Crippen molar-refractivity contribution in [3.05, 3.63) is 53.6 Å². The van der Waals surface area contributed by atoms with E-state index in [0.29, 0.717) is 30.3 Å². The summed E-state index contributed by atoms with van der Waals surface area (Å²) in [5.41, 5.74) is 2.95. The molecule has 0 aromatic heterocycles. The van der Waals surface area contributed by atoms with Gasteiger partial charge in [-0.2, -0.15) is 0 Å². The van der Waals surface area contributed by atoms with Crippen LogP contribution >= 0.6 is 0 Å². The second kappa shape index (κ2) is 9.23. The van der Waals surface area contributed by atoms with Crippen molar-refractivity contribution >= 4 is 17.5 Å². The van der Waals surface area contributed by atoms with E-state index in [2.05, 4.69) is 11.4 Å². The van der Waals surface area contributed by atoms with Gasteiger partial charge >= 0.3 is 0 Å². The van der Waals surface area contributed by atoms with Crippen LogP contribution in [-0.4, -0.2) is 50.7 Å². The first kappa shape index (κ1) is 19.7. The van der Waals surface area contributed by atoms with Crippen molar-refractivity contribution in [1.29, 1.82) is 0 Å². The number of hydrogen-bond acceptors (Lipinski definition) is 5. The molecule has 7 heteroatoms. The third-order valence-electron chi connectivity index (χ3n) is 4.62. The van der Waals surface area contributed by atoms with E-state index in [-0.39, 0.29) is 25.0 Å². The second-order valence-corrected chi connectivity index (χ2v) is 6.44. The van der Waals surface area contributed by atoms with Gasteiger partial charge in [-0.15, -0.1) is 0 Å². The van der Waals surface area contributed by atoms with Gasteiger partial charge in [-0.1, -0.05) is 24.3 Å². The highest BCUT2D eigenvalue weighted by molar-refractivity contribution is 5.93. The number of amides is 2. The smallest absolute Gasteiger partial charge is 0.250 e. The lowest BCUT2D eigenvalue weighted by molar-refractivity contribution is -0.138. The van der Waals surface area contributed by atoms with Crippen molar-refractivity contribution < 1.29 is 23.8 Å². The van der Waals surface area contributed by atoms with Gasteiger partial charge in [0, 0.05) is 19.2 Å². The molecule has 0 atom stereocenters. The van der Waals surface area contributed by atoms with Crippen LogP contribution < -0.4 is 14.8 Å². The van der Waals surface area contributed by atoms with Gasteiger partial charge in [0.05, 0.1) is 19.9 Å². The number of nitrogens with one attached hydrogen (secondary N) is 1. The number of benzene rings is 2. The molecule has 0 saturated heterocycles. The van der Waals surface area contributed by atoms with Gasteiger partial charge in [0.15, 0.2) is 0 Å². The SMILES string of the molecule is COc1ccc(NC(=O)COCC(=O)N2CCc3ccccc3C2)c(OC)c1. The molecule has 1 heterocycles. The fourth-order valence-electron chi connectivity index (χ4n) is 3.12. The largest absolute Gasteiger partial charge is 0.497 e. The lowest BCUT2D eigenvalue weighted by atomic mass is 10.00. The lowest BCUT2D eigenvalue weighted by Gasteiger charge is -2.28. The molecule has 0 radical (unpaired) electrons. The first-order valence-electron chi connectivity index (χ1n) is 9.05. The summed E-state index contributed by atoms with van der Waals surface area (Å²) in [7, 11) is 3.06. The average molecular weight is 384 g/mol. The second-order valence-electron chi connectivity index (χ2n) is 6.44. The Morgan fingerprint density at radius 1 is 1.04 bits per heavy atom. The molecule has 0 fully saturated rings. The molecule has 7 nitrogen and oxygen atoms in total. The van der Waals surface area contributed by atoms with E-state index in [0.717, 1.165) is 12.0 Å². The summed E-state index contributed by atoms with van der Waals surface area (Å²) in [5.74, 6) is 0.625. The summed E-state index contributed by atoms with van der Waals surface area (Å²) in [6.45, 7) is 0.892. The van der Waals surface area contributed by atoms with Gasteiger partial charge in [-0.3, -0.25) is 9.59 Å². The molecule has 0 aliphatic carbocycles. The summed E-state index contributed by atoms with van der Waals surface area (Å²) >= 11 is 0. The first-order valence-corrected chi connectivity index (χ1v) is 9.05. The maximum atomic E-state index is 12.4. The van der Waals surface area contributed by atoms with E-state index in [4.69, 9.17) is 14.2 Å². The number of nitrogens with zero attached hydrogens (tertiary/aromatic N) is 1. The van der Waals surface area contributed by atoms with Crippen LogP contribution in [0, 0.1) is 0 Å². The maximum Gasteiger partial charge on any atom is 0.250 e. The number of rotatable bonds is 7. The predicted octanol–water partition coefficient (Wildman–Crippen LogP) is 2.24. The zero-order valence-electron chi connectivity index (χ0n) is 16.1. The predicted molar refractivity (Wildman–Crippen MR) is 105 cm³/mol. The van der Waals surface area contributed by atoms with Crippen LogP contribution in [0.3, 0.4) is 0 Å². The molecule has 148 valence electrons. The zero-order chi connectivity index (χ0) is 19.9. The Hall–Kier alpha value is -3.06. The van der Waals surface area contributed by atoms with Crippen LogP contribution in [0.2, 0.25) is 0 Å². The Labute approximate surface area is 164 Å². The number of anilines is 1. The molecule has 0 spiro atoms. The minimum Gasteiger partial charge on any atom is -0.497 e. The molecule has 2 aromatic rings. The van der Waals surface area contributed by atoms with Crippen LogP contribution in [0.15, 0.2) is 42.5 Å². The third-order valence-corrected chi connectivity index (χ3v) is 4.62. The first-order chi connectivity index (χ1) is 13.6. The van der Waals surface area contributed by atoms with E-state index >= 15 is 0 Å². The van der Waals surface area contributed by atoms with Gasteiger partial charge in [-0.25, -0.2) is 0 Å². The molecule has 0 bridgehead atoms. The Kier molecular flexibility index (Phi) is 6.49. The summed E-state index contributed by atoms with van der Waals surface area (Å²) in [6.07, 6.45) is 0.833. The average Bonchev–Trinajstić information content (AvgIpc) is 2.73. The van der Waals surface area contributed by atoms with E-state index in [1.807, 2.05) is 18.2 Å². The van der Waals surface area contributed by atoms with Crippen molar-refractivity contribution in [3.63, 3.8) is 0 Å². The minimum atomic E-state index is -0.361. The standard InChI is InChI=1S/C21H24N2O5/c1-26-17-7-8-18(19(11-17)27-2)22-20(24)13-28-14-21(25)23-10-9-15-5-3-4-6-16(15)12-23/h3-8,11H,9-10,12-14H2,1-2H3,(H,22,24). The molecule has 0 unspecified atom stereocenters. The van der Waals surface area contributed by atoms with Gasteiger partial charge in [0.1, 0.15) is 24.7 Å². The minimum absolute atomic E-state index is 0.121. The molecule has 1 aliphatic rings. The van der Waals surface area contributed by atoms with Crippen LogP contribution in [0.4, 0.5) is 5.69 Å². The fourth-order valence-corrected chi connectivity index (χ4v) is 3.12. The van der Waals surface area contributed by atoms with Crippen LogP contribution in [0.1, 0.15) is 11.1 Å². The van der Waals surface area contributed by atoms with Crippen molar-refractivity contribution in [3.8, 4) is 11.5 Å². The maximum absolute atomic E-state index is 12.4. The van der Waals surface area contributed by atoms with Crippen LogP contribution in [0.25, 0.3) is 0 Å². The van der Waals surface area contributed by atoms with Crippen LogP contribution in [0.5, 0.6) is 11.5 Å². The Balaban J connectivity index is 1.46. The van der Waals surface area contributed by atoms with Crippen molar-refractivity contribution in [2.24, 2.45) is 0 Å². The topological polar surface area (TPSA) is 77.1 Å². The van der Waals surface area contributed by atoms with Crippen molar-refractivity contribution in [2.45, 2.75) is 13.0 Å². The number of methoxy groups -OCH3 is 2. The van der Waals surface area contributed by atoms with Gasteiger partial charge in [0.2, 0.25) is 11.8 Å². The molecule has 1 aliphatic heterocycles. The van der Waals surface area contributed by atoms with E-state index in [1.165, 1.54) is 12.7 Å². The van der Waals surface area contributed by atoms with Crippen molar-refractivity contribution in [2.75, 3.05) is 39.3 Å². The summed E-state index contributed by atoms with van der Waals surface area (Å²) in [6, 6.07) is 13.2. The third kappa shape index (κ3) is 4.80. The monoisotopic (exact) mass is 384 g/mol. The number of carbonyl (C=O) groups excluding carboxylic acids is 2. The quantitative estimate of drug-likeness (QED) is 0.792. The number of carbonyl (C=O) groups is 2. The number of ether oxygens (including phenoxy) is 3. The number of hydrogen-bond donors (Lipinski definition) is 1. The van der Waals surface area contributed by atoms with E-state index < -0.39 is 0 Å². The fraction of sp³-hybridized carbons (Fsp3) is 0.333. The number of fused-ring (bicyclic) bond motifs is 1. The highest BCUT2D eigenvalue weighted by atomic mass is 16.5. The van der Waals surface area contributed by atoms with Gasteiger partial charge < -0.3 is 24.4 Å². The summed E-state index contributed by atoms with van der Waals surface area (Å²) < 4.78 is 15.7. The summed E-state index contributed by atoms with van der Waals surface area (Å²) in [5, 5.41) is 2.71. The molecule has 1 N–H and O–H groups in total. The molecule has 2 amide bonds. The highest BCUT2D eigenvalue weighted by Crippen LogP contribution is 2.28. The van der Waals surface area contributed by atoms with Gasteiger partial charge in [-0.05, 0) is 29.7 Å². The molecular weight excluding hydrogens is 360 g/mol. The Bertz CT molecular complexity index is 852. The molecule has 0 saturated carbocycles.